The number of ether oxygens (including phenoxy) is 1. The summed E-state index contributed by atoms with van der Waals surface area (Å²) in [5.74, 6) is 0. The summed E-state index contributed by atoms with van der Waals surface area (Å²) < 4.78 is 5.58. The predicted octanol–water partition coefficient (Wildman–Crippen LogP) is 4.00. The van der Waals surface area contributed by atoms with E-state index in [0.29, 0.717) is 6.10 Å². The lowest BCUT2D eigenvalue weighted by Gasteiger charge is -2.03. The van der Waals surface area contributed by atoms with Crippen molar-refractivity contribution in [3.63, 3.8) is 0 Å². The van der Waals surface area contributed by atoms with Crippen molar-refractivity contribution in [3.05, 3.63) is 23.3 Å². The molecule has 104 valence electrons. The molecule has 0 spiro atoms. The molecule has 1 aliphatic rings. The minimum Gasteiger partial charge on any atom is -0.392 e. The number of aliphatic hydroxyl groups excluding tert-OH is 1. The summed E-state index contributed by atoms with van der Waals surface area (Å²) in [7, 11) is 0. The first-order valence-electron chi connectivity index (χ1n) is 7.11. The molecule has 1 atom stereocenters. The molecule has 0 aromatic rings. The lowest BCUT2D eigenvalue weighted by molar-refractivity contribution is 0.320. The number of hydrogen-bond donors (Lipinski definition) is 1. The summed E-state index contributed by atoms with van der Waals surface area (Å²) in [5, 5.41) is 8.87. The maximum atomic E-state index is 8.87. The largest absolute Gasteiger partial charge is 0.392 e. The Balaban J connectivity index is 2.19. The van der Waals surface area contributed by atoms with Crippen LogP contribution in [0.4, 0.5) is 0 Å². The second-order valence-corrected chi connectivity index (χ2v) is 5.74. The van der Waals surface area contributed by atoms with Gasteiger partial charge in [0, 0.05) is 0 Å². The van der Waals surface area contributed by atoms with Crippen LogP contribution in [0.2, 0.25) is 0 Å². The van der Waals surface area contributed by atoms with E-state index in [2.05, 4.69) is 33.8 Å². The first-order valence-corrected chi connectivity index (χ1v) is 7.11. The van der Waals surface area contributed by atoms with E-state index in [4.69, 9.17) is 9.84 Å². The number of aliphatic hydroxyl groups is 1. The number of rotatable bonds is 8. The summed E-state index contributed by atoms with van der Waals surface area (Å²) in [5.41, 5.74) is 2.94. The van der Waals surface area contributed by atoms with Gasteiger partial charge in [0.2, 0.25) is 0 Å². The van der Waals surface area contributed by atoms with Crippen molar-refractivity contribution in [2.24, 2.45) is 0 Å². The summed E-state index contributed by atoms with van der Waals surface area (Å²) >= 11 is 0. The van der Waals surface area contributed by atoms with Crippen LogP contribution in [0.5, 0.6) is 0 Å². The van der Waals surface area contributed by atoms with E-state index >= 15 is 0 Å². The van der Waals surface area contributed by atoms with Gasteiger partial charge in [-0.15, -0.1) is 0 Å². The standard InChI is InChI=1S/C16H28O2/c1-5-14(11-12-17)8-6-7-13(2)9-10-15-16(3,4)18-15/h7,11,15,17H,5-6,8-10,12H2,1-4H3/b13-7+,14-11+. The van der Waals surface area contributed by atoms with Crippen molar-refractivity contribution in [3.8, 4) is 0 Å². The van der Waals surface area contributed by atoms with E-state index in [9.17, 15) is 0 Å². The van der Waals surface area contributed by atoms with Crippen molar-refractivity contribution >= 4 is 0 Å². The van der Waals surface area contributed by atoms with Gasteiger partial charge in [0.25, 0.3) is 0 Å². The zero-order chi connectivity index (χ0) is 13.6. The average Bonchev–Trinajstić information content (AvgIpc) is 2.93. The van der Waals surface area contributed by atoms with Gasteiger partial charge in [-0.3, -0.25) is 0 Å². The van der Waals surface area contributed by atoms with Crippen LogP contribution in [0.3, 0.4) is 0 Å². The van der Waals surface area contributed by atoms with Gasteiger partial charge in [-0.1, -0.05) is 30.2 Å². The third-order valence-electron chi connectivity index (χ3n) is 3.76. The first-order chi connectivity index (χ1) is 8.49. The highest BCUT2D eigenvalue weighted by Gasteiger charge is 2.46. The maximum absolute atomic E-state index is 8.87. The Morgan fingerprint density at radius 1 is 1.28 bits per heavy atom. The molecular weight excluding hydrogens is 224 g/mol. The van der Waals surface area contributed by atoms with Crippen LogP contribution in [-0.2, 0) is 4.74 Å². The summed E-state index contributed by atoms with van der Waals surface area (Å²) in [6, 6.07) is 0. The van der Waals surface area contributed by atoms with Crippen molar-refractivity contribution in [2.75, 3.05) is 6.61 Å². The Bertz CT molecular complexity index is 313. The SMILES string of the molecule is CC/C(=C\CO)CC/C=C(\C)CCC1OC1(C)C. The van der Waals surface area contributed by atoms with Crippen LogP contribution in [0, 0.1) is 0 Å². The Labute approximate surface area is 112 Å². The van der Waals surface area contributed by atoms with Gasteiger partial charge in [-0.25, -0.2) is 0 Å². The normalized spacial score (nSPS) is 23.3. The monoisotopic (exact) mass is 252 g/mol. The highest BCUT2D eigenvalue weighted by atomic mass is 16.6. The molecule has 1 aliphatic heterocycles. The minimum absolute atomic E-state index is 0.125. The molecule has 0 radical (unpaired) electrons. The molecule has 1 saturated heterocycles. The van der Waals surface area contributed by atoms with E-state index in [0.717, 1.165) is 32.1 Å². The molecule has 0 aromatic carbocycles. The fraction of sp³-hybridized carbons (Fsp3) is 0.750. The predicted molar refractivity (Wildman–Crippen MR) is 76.6 cm³/mol. The quantitative estimate of drug-likeness (QED) is 0.523. The summed E-state index contributed by atoms with van der Waals surface area (Å²) in [6.07, 6.45) is 10.2. The van der Waals surface area contributed by atoms with Crippen LogP contribution in [0.1, 0.15) is 59.8 Å². The molecular formula is C16H28O2. The lowest BCUT2D eigenvalue weighted by Crippen LogP contribution is -2.02. The Morgan fingerprint density at radius 3 is 2.44 bits per heavy atom. The molecule has 1 heterocycles. The second kappa shape index (κ2) is 7.10. The molecule has 1 rings (SSSR count). The lowest BCUT2D eigenvalue weighted by atomic mass is 10.0. The minimum atomic E-state index is 0.125. The van der Waals surface area contributed by atoms with Crippen LogP contribution in [0.25, 0.3) is 0 Å². The molecule has 18 heavy (non-hydrogen) atoms. The molecule has 2 nitrogen and oxygen atoms in total. The zero-order valence-corrected chi connectivity index (χ0v) is 12.3. The average molecular weight is 252 g/mol. The molecule has 0 amide bonds. The molecule has 0 saturated carbocycles. The number of hydrogen-bond acceptors (Lipinski definition) is 2. The molecule has 1 N–H and O–H groups in total. The topological polar surface area (TPSA) is 32.8 Å². The Morgan fingerprint density at radius 2 is 1.94 bits per heavy atom. The fourth-order valence-corrected chi connectivity index (χ4v) is 2.26. The smallest absolute Gasteiger partial charge is 0.0892 e. The van der Waals surface area contributed by atoms with Gasteiger partial charge < -0.3 is 9.84 Å². The van der Waals surface area contributed by atoms with Crippen molar-refractivity contribution in [1.29, 1.82) is 0 Å². The van der Waals surface area contributed by atoms with Crippen LogP contribution in [-0.4, -0.2) is 23.4 Å². The van der Waals surface area contributed by atoms with Gasteiger partial charge in [0.05, 0.1) is 18.3 Å². The molecule has 0 aliphatic carbocycles. The molecule has 1 fully saturated rings. The number of allylic oxidation sites excluding steroid dienone is 3. The third-order valence-corrected chi connectivity index (χ3v) is 3.76. The maximum Gasteiger partial charge on any atom is 0.0892 e. The van der Waals surface area contributed by atoms with Crippen LogP contribution >= 0.6 is 0 Å². The second-order valence-electron chi connectivity index (χ2n) is 5.74. The summed E-state index contributed by atoms with van der Waals surface area (Å²) in [4.78, 5) is 0. The van der Waals surface area contributed by atoms with Gasteiger partial charge in [0.15, 0.2) is 0 Å². The molecule has 0 bridgehead atoms. The first kappa shape index (κ1) is 15.5. The summed E-state index contributed by atoms with van der Waals surface area (Å²) in [6.45, 7) is 8.83. The highest BCUT2D eigenvalue weighted by Crippen LogP contribution is 2.38. The third kappa shape index (κ3) is 5.36. The molecule has 1 unspecified atom stereocenters. The highest BCUT2D eigenvalue weighted by molar-refractivity contribution is 5.06. The fourth-order valence-electron chi connectivity index (χ4n) is 2.26. The van der Waals surface area contributed by atoms with Crippen LogP contribution in [0.15, 0.2) is 23.3 Å². The van der Waals surface area contributed by atoms with Gasteiger partial charge in [-0.05, 0) is 52.9 Å². The Kier molecular flexibility index (Phi) is 6.10. The van der Waals surface area contributed by atoms with Crippen molar-refractivity contribution in [1.82, 2.24) is 0 Å². The molecule has 2 heteroatoms. The van der Waals surface area contributed by atoms with E-state index in [-0.39, 0.29) is 12.2 Å². The van der Waals surface area contributed by atoms with Crippen molar-refractivity contribution in [2.45, 2.75) is 71.5 Å². The van der Waals surface area contributed by atoms with Crippen molar-refractivity contribution < 1.29 is 9.84 Å². The van der Waals surface area contributed by atoms with E-state index in [1.54, 1.807) is 0 Å². The molecule has 0 aromatic heterocycles. The zero-order valence-electron chi connectivity index (χ0n) is 12.3. The van der Waals surface area contributed by atoms with Crippen LogP contribution < -0.4 is 0 Å². The van der Waals surface area contributed by atoms with E-state index < -0.39 is 0 Å². The van der Waals surface area contributed by atoms with Gasteiger partial charge in [-0.2, -0.15) is 0 Å². The van der Waals surface area contributed by atoms with E-state index in [1.807, 2.05) is 6.08 Å². The van der Waals surface area contributed by atoms with Gasteiger partial charge >= 0.3 is 0 Å². The van der Waals surface area contributed by atoms with Gasteiger partial charge in [0.1, 0.15) is 0 Å². The number of epoxide rings is 1. The van der Waals surface area contributed by atoms with E-state index in [1.165, 1.54) is 11.1 Å². The Hall–Kier alpha value is -0.600.